The van der Waals surface area contributed by atoms with Gasteiger partial charge in [0.15, 0.2) is 0 Å². The molecule has 1 nitrogen and oxygen atoms in total. The summed E-state index contributed by atoms with van der Waals surface area (Å²) in [6.45, 7) is 4.74. The molecule has 294 valence electrons. The van der Waals surface area contributed by atoms with Crippen LogP contribution >= 0.6 is 0 Å². The zero-order valence-corrected chi connectivity index (χ0v) is 35.0. The quantitative estimate of drug-likeness (QED) is 0.139. The van der Waals surface area contributed by atoms with E-state index in [0.717, 1.165) is 17.1 Å². The zero-order chi connectivity index (χ0) is 41.6. The Kier molecular flexibility index (Phi) is 9.24. The largest absolute Gasteiger partial charge is 0.310 e. The van der Waals surface area contributed by atoms with Crippen LogP contribution in [0.25, 0.3) is 78.2 Å². The molecule has 0 unspecified atom stereocenters. The van der Waals surface area contributed by atoms with Crippen LogP contribution in [-0.4, -0.2) is 0 Å². The topological polar surface area (TPSA) is 3.24 Å². The molecule has 10 aromatic carbocycles. The average molecular weight is 792 g/mol. The van der Waals surface area contributed by atoms with Crippen LogP contribution in [0.1, 0.15) is 36.1 Å². The van der Waals surface area contributed by atoms with E-state index in [0.29, 0.717) is 0 Å². The smallest absolute Gasteiger partial charge is 0.0465 e. The van der Waals surface area contributed by atoms with Gasteiger partial charge in [-0.15, -0.1) is 0 Å². The second kappa shape index (κ2) is 15.4. The van der Waals surface area contributed by atoms with Crippen LogP contribution in [0, 0.1) is 0 Å². The number of hydrogen-bond donors (Lipinski definition) is 0. The van der Waals surface area contributed by atoms with Gasteiger partial charge in [-0.2, -0.15) is 0 Å². The Hall–Kier alpha value is -7.74. The van der Waals surface area contributed by atoms with Gasteiger partial charge in [0, 0.05) is 22.5 Å². The number of anilines is 3. The number of nitrogens with zero attached hydrogens (tertiary/aromatic N) is 1. The monoisotopic (exact) mass is 791 g/mol. The Labute approximate surface area is 364 Å². The summed E-state index contributed by atoms with van der Waals surface area (Å²) in [6, 6.07) is 81.8. The summed E-state index contributed by atoms with van der Waals surface area (Å²) in [5, 5.41) is 4.98. The molecule has 11 rings (SSSR count). The third-order valence-electron chi connectivity index (χ3n) is 12.9. The summed E-state index contributed by atoms with van der Waals surface area (Å²) in [7, 11) is 0. The Bertz CT molecular complexity index is 3250. The van der Waals surface area contributed by atoms with Crippen molar-refractivity contribution in [1.29, 1.82) is 0 Å². The predicted octanol–water partition coefficient (Wildman–Crippen LogP) is 16.9. The van der Waals surface area contributed by atoms with E-state index < -0.39 is 0 Å². The molecule has 1 aliphatic carbocycles. The van der Waals surface area contributed by atoms with Crippen LogP contribution < -0.4 is 4.90 Å². The maximum atomic E-state index is 2.42. The minimum atomic E-state index is -0.174. The fraction of sp³-hybridized carbons (Fsp3) is 0.0492. The number of fused-ring (bicyclic) bond motifs is 5. The summed E-state index contributed by atoms with van der Waals surface area (Å²) >= 11 is 0. The first-order valence-corrected chi connectivity index (χ1v) is 21.6. The Morgan fingerprint density at radius 1 is 0.339 bits per heavy atom. The highest BCUT2D eigenvalue weighted by molar-refractivity contribution is 6.14. The second-order valence-electron chi connectivity index (χ2n) is 16.9. The van der Waals surface area contributed by atoms with E-state index in [4.69, 9.17) is 0 Å². The van der Waals surface area contributed by atoms with Gasteiger partial charge in [0.05, 0.1) is 0 Å². The van der Waals surface area contributed by atoms with Crippen LogP contribution in [0.15, 0.2) is 224 Å². The molecule has 0 amide bonds. The molecular weight excluding hydrogens is 747 g/mol. The van der Waals surface area contributed by atoms with Crippen molar-refractivity contribution in [3.63, 3.8) is 0 Å². The molecule has 0 saturated carbocycles. The Balaban J connectivity index is 0.982. The molecule has 0 N–H and O–H groups in total. The molecular formula is C61H45N. The van der Waals surface area contributed by atoms with Crippen molar-refractivity contribution < 1.29 is 0 Å². The lowest BCUT2D eigenvalue weighted by Crippen LogP contribution is -2.16. The lowest BCUT2D eigenvalue weighted by atomic mass is 9.81. The maximum absolute atomic E-state index is 2.42. The van der Waals surface area contributed by atoms with E-state index in [2.05, 4.69) is 255 Å². The van der Waals surface area contributed by atoms with Crippen LogP contribution in [0.5, 0.6) is 0 Å². The highest BCUT2D eigenvalue weighted by Crippen LogP contribution is 2.51. The molecule has 1 heteroatoms. The van der Waals surface area contributed by atoms with Crippen molar-refractivity contribution in [2.24, 2.45) is 0 Å². The summed E-state index contributed by atoms with van der Waals surface area (Å²) < 4.78 is 0. The van der Waals surface area contributed by atoms with E-state index in [1.165, 1.54) is 88.3 Å². The van der Waals surface area contributed by atoms with E-state index in [1.54, 1.807) is 0 Å². The molecule has 0 aromatic heterocycles. The number of rotatable bonds is 8. The molecule has 0 aliphatic heterocycles. The van der Waals surface area contributed by atoms with E-state index >= 15 is 0 Å². The van der Waals surface area contributed by atoms with Gasteiger partial charge in [0.2, 0.25) is 0 Å². The average Bonchev–Trinajstić information content (AvgIpc) is 3.56. The number of hydrogen-bond acceptors (Lipinski definition) is 1. The van der Waals surface area contributed by atoms with Gasteiger partial charge in [-0.05, 0) is 131 Å². The predicted molar refractivity (Wildman–Crippen MR) is 265 cm³/mol. The van der Waals surface area contributed by atoms with Gasteiger partial charge in [0.25, 0.3) is 0 Å². The lowest BCUT2D eigenvalue weighted by molar-refractivity contribution is 0.660. The van der Waals surface area contributed by atoms with Gasteiger partial charge in [-0.3, -0.25) is 0 Å². The fourth-order valence-corrected chi connectivity index (χ4v) is 9.84. The van der Waals surface area contributed by atoms with Gasteiger partial charge in [-0.25, -0.2) is 0 Å². The molecule has 0 atom stereocenters. The molecule has 0 heterocycles. The summed E-state index contributed by atoms with van der Waals surface area (Å²) in [5.74, 6) is 0. The van der Waals surface area contributed by atoms with Crippen molar-refractivity contribution in [2.45, 2.75) is 19.3 Å². The van der Waals surface area contributed by atoms with E-state index in [1.807, 2.05) is 0 Å². The van der Waals surface area contributed by atoms with E-state index in [-0.39, 0.29) is 5.41 Å². The molecule has 0 radical (unpaired) electrons. The minimum absolute atomic E-state index is 0.174. The lowest BCUT2D eigenvalue weighted by Gasteiger charge is -2.28. The standard InChI is InChI=1S/C61H45N/c1-61(2)58-39-42(32-36-53(58)54-38-35-48(40-59(54)61)62(46-23-11-5-12-24-46)47-25-13-6-14-26-47)31-33-44-34-37-52(50-28-16-15-27-49(44)50)57-41-56(43-19-7-3-8-20-43)51-29-17-18-30-55(51)60(57)45-21-9-4-10-22-45/h3-41H,1-2H3/b33-31+. The number of para-hydroxylation sites is 2. The first kappa shape index (κ1) is 37.3. The van der Waals surface area contributed by atoms with Gasteiger partial charge < -0.3 is 4.90 Å². The molecule has 0 bridgehead atoms. The van der Waals surface area contributed by atoms with Gasteiger partial charge >= 0.3 is 0 Å². The Morgan fingerprint density at radius 2 is 0.839 bits per heavy atom. The van der Waals surface area contributed by atoms with Crippen LogP contribution in [0.3, 0.4) is 0 Å². The minimum Gasteiger partial charge on any atom is -0.310 e. The SMILES string of the molecule is CC1(C)c2cc(/C=C/c3ccc(-c4cc(-c5ccccc5)c5ccccc5c4-c4ccccc4)c4ccccc34)ccc2-c2ccc(N(c3ccccc3)c3ccccc3)cc21. The van der Waals surface area contributed by atoms with Crippen molar-refractivity contribution in [2.75, 3.05) is 4.90 Å². The molecule has 62 heavy (non-hydrogen) atoms. The fourth-order valence-electron chi connectivity index (χ4n) is 9.84. The van der Waals surface area contributed by atoms with Crippen molar-refractivity contribution >= 4 is 50.8 Å². The molecule has 1 aliphatic rings. The summed E-state index contributed by atoms with van der Waals surface area (Å²) in [5.41, 5.74) is 18.4. The highest BCUT2D eigenvalue weighted by atomic mass is 15.1. The normalized spacial score (nSPS) is 12.7. The van der Waals surface area contributed by atoms with Gasteiger partial charge in [-0.1, -0.05) is 208 Å². The van der Waals surface area contributed by atoms with Crippen molar-refractivity contribution in [3.8, 4) is 44.5 Å². The first-order valence-electron chi connectivity index (χ1n) is 21.6. The third-order valence-corrected chi connectivity index (χ3v) is 12.9. The maximum Gasteiger partial charge on any atom is 0.0465 e. The van der Waals surface area contributed by atoms with Gasteiger partial charge in [0.1, 0.15) is 0 Å². The van der Waals surface area contributed by atoms with Crippen molar-refractivity contribution in [3.05, 3.63) is 247 Å². The highest BCUT2D eigenvalue weighted by Gasteiger charge is 2.36. The number of benzene rings is 10. The summed E-state index contributed by atoms with van der Waals surface area (Å²) in [6.07, 6.45) is 4.59. The molecule has 0 spiro atoms. The zero-order valence-electron chi connectivity index (χ0n) is 35.0. The van der Waals surface area contributed by atoms with Crippen LogP contribution in [0.2, 0.25) is 0 Å². The first-order chi connectivity index (χ1) is 30.5. The van der Waals surface area contributed by atoms with Crippen molar-refractivity contribution in [1.82, 2.24) is 0 Å². The molecule has 0 fully saturated rings. The molecule has 0 saturated heterocycles. The van der Waals surface area contributed by atoms with E-state index in [9.17, 15) is 0 Å². The molecule has 10 aromatic rings. The Morgan fingerprint density at radius 3 is 1.48 bits per heavy atom. The summed E-state index contributed by atoms with van der Waals surface area (Å²) in [4.78, 5) is 2.35. The van der Waals surface area contributed by atoms with Crippen LogP contribution in [0.4, 0.5) is 17.1 Å². The van der Waals surface area contributed by atoms with Crippen LogP contribution in [-0.2, 0) is 5.41 Å². The third kappa shape index (κ3) is 6.42. The second-order valence-corrected chi connectivity index (χ2v) is 16.9.